The predicted octanol–water partition coefficient (Wildman–Crippen LogP) is 5.86. The lowest BCUT2D eigenvalue weighted by Gasteiger charge is -2.17. The first-order chi connectivity index (χ1) is 12.7. The number of nitrogens with one attached hydrogen (secondary N) is 2. The number of rotatable bonds is 21. The van der Waals surface area contributed by atoms with Crippen molar-refractivity contribution in [1.82, 2.24) is 10.6 Å². The Morgan fingerprint density at radius 1 is 0.692 bits per heavy atom. The summed E-state index contributed by atoms with van der Waals surface area (Å²) < 4.78 is 0. The number of carbonyl (C=O) groups is 1. The second kappa shape index (κ2) is 20.7. The molecule has 0 aliphatic rings. The molecule has 0 aromatic rings. The van der Waals surface area contributed by atoms with Crippen LogP contribution >= 0.6 is 0 Å². The van der Waals surface area contributed by atoms with Crippen molar-refractivity contribution in [3.8, 4) is 0 Å². The van der Waals surface area contributed by atoms with Gasteiger partial charge in [0.2, 0.25) is 0 Å². The first-order valence-electron chi connectivity index (χ1n) is 11.4. The molecule has 0 saturated heterocycles. The Balaban J connectivity index is 3.18. The van der Waals surface area contributed by atoms with Crippen molar-refractivity contribution in [2.45, 2.75) is 123 Å². The van der Waals surface area contributed by atoms with Crippen LogP contribution in [0.1, 0.15) is 117 Å². The Morgan fingerprint density at radius 2 is 1.12 bits per heavy atom. The maximum absolute atomic E-state index is 10.6. The third-order valence-electron chi connectivity index (χ3n) is 5.08. The van der Waals surface area contributed by atoms with Crippen LogP contribution in [0, 0.1) is 0 Å². The van der Waals surface area contributed by atoms with Gasteiger partial charge in [-0.3, -0.25) is 10.1 Å². The Bertz CT molecular complexity index is 298. The minimum absolute atomic E-state index is 0.0321. The van der Waals surface area contributed by atoms with Gasteiger partial charge in [-0.2, -0.15) is 0 Å². The third kappa shape index (κ3) is 19.7. The molecule has 4 nitrogen and oxygen atoms in total. The maximum Gasteiger partial charge on any atom is 0.317 e. The molecule has 0 heterocycles. The lowest BCUT2D eigenvalue weighted by molar-refractivity contribution is -0.136. The van der Waals surface area contributed by atoms with E-state index in [0.29, 0.717) is 0 Å². The molecule has 0 radical (unpaired) electrons. The topological polar surface area (TPSA) is 61.4 Å². The van der Waals surface area contributed by atoms with Crippen LogP contribution < -0.4 is 10.6 Å². The molecule has 0 aromatic heterocycles. The second-order valence-electron chi connectivity index (χ2n) is 7.64. The molecule has 0 saturated carbocycles. The number of hydrogen-bond acceptors (Lipinski definition) is 3. The standard InChI is InChI=1S/C22H46N2O2/c1-3-5-6-7-8-9-10-11-12-13-14-15-16-17-18-19-23-21(4-2)24-20-22(25)26/h21,23-24H,3-20H2,1-2H3,(H,25,26). The highest BCUT2D eigenvalue weighted by atomic mass is 16.4. The summed E-state index contributed by atoms with van der Waals surface area (Å²) in [5, 5.41) is 15.1. The Kier molecular flexibility index (Phi) is 20.2. The van der Waals surface area contributed by atoms with Crippen molar-refractivity contribution in [2.24, 2.45) is 0 Å². The van der Waals surface area contributed by atoms with Crippen LogP contribution in [0.15, 0.2) is 0 Å². The van der Waals surface area contributed by atoms with Gasteiger partial charge < -0.3 is 10.4 Å². The highest BCUT2D eigenvalue weighted by Gasteiger charge is 2.05. The number of carboxylic acid groups (broad SMARTS) is 1. The van der Waals surface area contributed by atoms with Crippen molar-refractivity contribution >= 4 is 5.97 Å². The van der Waals surface area contributed by atoms with E-state index in [-0.39, 0.29) is 12.7 Å². The maximum atomic E-state index is 10.6. The highest BCUT2D eigenvalue weighted by molar-refractivity contribution is 5.69. The van der Waals surface area contributed by atoms with E-state index >= 15 is 0 Å². The number of unbranched alkanes of at least 4 members (excludes halogenated alkanes) is 14. The highest BCUT2D eigenvalue weighted by Crippen LogP contribution is 2.13. The summed E-state index contributed by atoms with van der Waals surface area (Å²) in [6, 6.07) is 0. The number of carboxylic acids is 1. The van der Waals surface area contributed by atoms with Gasteiger partial charge in [-0.1, -0.05) is 104 Å². The molecular formula is C22H46N2O2. The van der Waals surface area contributed by atoms with Crippen molar-refractivity contribution in [3.63, 3.8) is 0 Å². The Morgan fingerprint density at radius 3 is 1.50 bits per heavy atom. The van der Waals surface area contributed by atoms with Gasteiger partial charge in [-0.25, -0.2) is 0 Å². The van der Waals surface area contributed by atoms with E-state index in [2.05, 4.69) is 24.5 Å². The fourth-order valence-corrected chi connectivity index (χ4v) is 3.34. The summed E-state index contributed by atoms with van der Waals surface area (Å²) in [7, 11) is 0. The zero-order valence-electron chi connectivity index (χ0n) is 17.7. The van der Waals surface area contributed by atoms with E-state index in [1.807, 2.05) is 0 Å². The summed E-state index contributed by atoms with van der Waals surface area (Å²) in [6.07, 6.45) is 21.8. The van der Waals surface area contributed by atoms with Gasteiger partial charge in [0.25, 0.3) is 0 Å². The molecule has 0 fully saturated rings. The van der Waals surface area contributed by atoms with Crippen LogP contribution in [0.3, 0.4) is 0 Å². The molecule has 4 heteroatoms. The zero-order valence-corrected chi connectivity index (χ0v) is 17.7. The second-order valence-corrected chi connectivity index (χ2v) is 7.64. The van der Waals surface area contributed by atoms with E-state index < -0.39 is 5.97 Å². The molecule has 0 bridgehead atoms. The van der Waals surface area contributed by atoms with Gasteiger partial charge in [-0.15, -0.1) is 0 Å². The molecule has 0 aromatic carbocycles. The molecule has 1 unspecified atom stereocenters. The molecule has 0 spiro atoms. The molecule has 0 aliphatic carbocycles. The lowest BCUT2D eigenvalue weighted by atomic mass is 10.0. The fourth-order valence-electron chi connectivity index (χ4n) is 3.34. The van der Waals surface area contributed by atoms with Crippen LogP contribution in [0.2, 0.25) is 0 Å². The van der Waals surface area contributed by atoms with Crippen molar-refractivity contribution in [3.05, 3.63) is 0 Å². The molecule has 3 N–H and O–H groups in total. The SMILES string of the molecule is CCCCCCCCCCCCCCCCCNC(CC)NCC(=O)O. The Labute approximate surface area is 162 Å². The van der Waals surface area contributed by atoms with Crippen LogP contribution in [-0.2, 0) is 4.79 Å². The number of hydrogen-bond donors (Lipinski definition) is 3. The first kappa shape index (κ1) is 25.4. The average molecular weight is 371 g/mol. The molecular weight excluding hydrogens is 324 g/mol. The van der Waals surface area contributed by atoms with Crippen LogP contribution in [0.25, 0.3) is 0 Å². The molecule has 26 heavy (non-hydrogen) atoms. The summed E-state index contributed by atoms with van der Waals surface area (Å²) in [4.78, 5) is 10.6. The van der Waals surface area contributed by atoms with E-state index in [1.165, 1.54) is 96.3 Å². The number of aliphatic carboxylic acids is 1. The van der Waals surface area contributed by atoms with Gasteiger partial charge in [0.1, 0.15) is 0 Å². The van der Waals surface area contributed by atoms with E-state index in [0.717, 1.165) is 13.0 Å². The molecule has 0 amide bonds. The lowest BCUT2D eigenvalue weighted by Crippen LogP contribution is -2.44. The van der Waals surface area contributed by atoms with Crippen molar-refractivity contribution in [2.75, 3.05) is 13.1 Å². The van der Waals surface area contributed by atoms with Gasteiger partial charge in [0.05, 0.1) is 12.7 Å². The van der Waals surface area contributed by atoms with Gasteiger partial charge >= 0.3 is 5.97 Å². The van der Waals surface area contributed by atoms with E-state index in [4.69, 9.17) is 5.11 Å². The molecule has 156 valence electrons. The smallest absolute Gasteiger partial charge is 0.317 e. The predicted molar refractivity (Wildman–Crippen MR) is 113 cm³/mol. The minimum atomic E-state index is -0.794. The summed E-state index contributed by atoms with van der Waals surface area (Å²) >= 11 is 0. The first-order valence-corrected chi connectivity index (χ1v) is 11.4. The monoisotopic (exact) mass is 370 g/mol. The minimum Gasteiger partial charge on any atom is -0.480 e. The van der Waals surface area contributed by atoms with E-state index in [1.54, 1.807) is 0 Å². The van der Waals surface area contributed by atoms with Crippen molar-refractivity contribution < 1.29 is 9.90 Å². The third-order valence-corrected chi connectivity index (χ3v) is 5.08. The summed E-state index contributed by atoms with van der Waals surface area (Å²) in [5.74, 6) is -0.794. The van der Waals surface area contributed by atoms with Crippen LogP contribution in [-0.4, -0.2) is 30.3 Å². The van der Waals surface area contributed by atoms with Gasteiger partial charge in [0, 0.05) is 0 Å². The largest absolute Gasteiger partial charge is 0.480 e. The normalized spacial score (nSPS) is 12.4. The van der Waals surface area contributed by atoms with E-state index in [9.17, 15) is 4.79 Å². The van der Waals surface area contributed by atoms with Gasteiger partial charge in [0.15, 0.2) is 0 Å². The van der Waals surface area contributed by atoms with Crippen molar-refractivity contribution in [1.29, 1.82) is 0 Å². The Hall–Kier alpha value is -0.610. The summed E-state index contributed by atoms with van der Waals surface area (Å²) in [6.45, 7) is 5.36. The zero-order chi connectivity index (χ0) is 19.3. The average Bonchev–Trinajstić information content (AvgIpc) is 2.63. The van der Waals surface area contributed by atoms with Crippen LogP contribution in [0.4, 0.5) is 0 Å². The quantitative estimate of drug-likeness (QED) is 0.175. The summed E-state index contributed by atoms with van der Waals surface area (Å²) in [5.41, 5.74) is 0. The molecule has 0 aliphatic heterocycles. The fraction of sp³-hybridized carbons (Fsp3) is 0.955. The molecule has 1 atom stereocenters. The van der Waals surface area contributed by atoms with Gasteiger partial charge in [-0.05, 0) is 19.4 Å². The van der Waals surface area contributed by atoms with Crippen LogP contribution in [0.5, 0.6) is 0 Å². The molecule has 0 rings (SSSR count).